The molecule has 59 heavy (non-hydrogen) atoms. The highest BCUT2D eigenvalue weighted by Gasteiger charge is 2.27. The van der Waals surface area contributed by atoms with Crippen LogP contribution >= 0.6 is 11.3 Å². The average molecular weight is 779 g/mol. The Morgan fingerprint density at radius 1 is 0.712 bits per heavy atom. The minimum absolute atomic E-state index is 0.567. The molecule has 0 radical (unpaired) electrons. The van der Waals surface area contributed by atoms with Gasteiger partial charge in [0.25, 0.3) is 0 Å². The molecule has 9 rings (SSSR count). The molecule has 0 N–H and O–H groups in total. The van der Waals surface area contributed by atoms with Gasteiger partial charge in [-0.05, 0) is 82.6 Å². The Morgan fingerprint density at radius 3 is 2.03 bits per heavy atom. The summed E-state index contributed by atoms with van der Waals surface area (Å²) in [6.45, 7) is 17.0. The average Bonchev–Trinajstić information content (AvgIpc) is 3.84. The molecule has 9 aromatic rings. The van der Waals surface area contributed by atoms with Crippen molar-refractivity contribution in [1.82, 2.24) is 4.57 Å². The van der Waals surface area contributed by atoms with Crippen molar-refractivity contribution in [2.75, 3.05) is 0 Å². The summed E-state index contributed by atoms with van der Waals surface area (Å²) in [5.41, 5.74) is 8.14. The number of hydrogen-bond acceptors (Lipinski definition) is 4. The number of aromatic nitrogens is 1. The monoisotopic (exact) mass is 778 g/mol. The molecule has 2 aromatic heterocycles. The fraction of sp³-hybridized carbons (Fsp3) is 0.0556. The summed E-state index contributed by atoms with van der Waals surface area (Å²) in [5, 5.41) is 12.1. The predicted molar refractivity (Wildman–Crippen MR) is 261 cm³/mol. The van der Waals surface area contributed by atoms with E-state index >= 15 is 0 Å². The van der Waals surface area contributed by atoms with Gasteiger partial charge in [-0.1, -0.05) is 147 Å². The van der Waals surface area contributed by atoms with Crippen molar-refractivity contribution in [3.63, 3.8) is 0 Å². The Hall–Kier alpha value is -7.21. The molecule has 0 saturated heterocycles. The lowest BCUT2D eigenvalue weighted by Gasteiger charge is -2.18. The largest absolute Gasteiger partial charge is 0.306 e. The minimum Gasteiger partial charge on any atom is -0.306 e. The van der Waals surface area contributed by atoms with Crippen LogP contribution in [0.2, 0.25) is 0 Å². The molecule has 0 amide bonds. The number of hydrogen-bond donors (Lipinski definition) is 0. The summed E-state index contributed by atoms with van der Waals surface area (Å²) in [7, 11) is 0. The van der Waals surface area contributed by atoms with Crippen molar-refractivity contribution >= 4 is 110 Å². The van der Waals surface area contributed by atoms with E-state index in [9.17, 15) is 0 Å². The number of fused-ring (bicyclic) bond motifs is 15. The topological polar surface area (TPSA) is 42.0 Å². The van der Waals surface area contributed by atoms with E-state index < -0.39 is 0 Å². The lowest BCUT2D eigenvalue weighted by atomic mass is 9.95. The van der Waals surface area contributed by atoms with Crippen LogP contribution in [0.5, 0.6) is 0 Å². The molecule has 0 fully saturated rings. The van der Waals surface area contributed by atoms with Gasteiger partial charge in [-0.3, -0.25) is 15.0 Å². The second-order valence-electron chi connectivity index (χ2n) is 14.5. The first-order valence-electron chi connectivity index (χ1n) is 19.7. The molecule has 7 aromatic carbocycles. The second-order valence-corrected chi connectivity index (χ2v) is 15.5. The van der Waals surface area contributed by atoms with Gasteiger partial charge in [0.2, 0.25) is 0 Å². The zero-order valence-corrected chi connectivity index (χ0v) is 34.0. The van der Waals surface area contributed by atoms with E-state index in [1.165, 1.54) is 57.9 Å². The van der Waals surface area contributed by atoms with Gasteiger partial charge < -0.3 is 4.57 Å². The van der Waals surface area contributed by atoms with E-state index in [1.54, 1.807) is 24.6 Å². The van der Waals surface area contributed by atoms with Crippen LogP contribution in [0.3, 0.4) is 0 Å². The van der Waals surface area contributed by atoms with E-state index in [4.69, 9.17) is 11.6 Å². The van der Waals surface area contributed by atoms with Crippen LogP contribution in [-0.4, -0.2) is 23.2 Å². The number of benzene rings is 7. The SMILES string of the molecule is C=C/C=C\C(=C/C)C(=C)/C(=C\N=C(C)c1ccccc1)n1c2c3ccccc3c3ccccc3c2c2c3sc4ccc(CN=C/C=C\N=C)cc4c3c3ccccc3c21. The number of thiophene rings is 1. The molecule has 0 aliphatic rings. The molecule has 284 valence electrons. The van der Waals surface area contributed by atoms with Gasteiger partial charge in [0.05, 0.1) is 29.5 Å². The van der Waals surface area contributed by atoms with E-state index in [1.807, 2.05) is 29.7 Å². The van der Waals surface area contributed by atoms with Crippen molar-refractivity contribution in [2.24, 2.45) is 15.0 Å². The molecule has 5 heteroatoms. The van der Waals surface area contributed by atoms with Gasteiger partial charge in [0.1, 0.15) is 0 Å². The highest BCUT2D eigenvalue weighted by atomic mass is 32.1. The zero-order chi connectivity index (χ0) is 40.5. The Bertz CT molecular complexity index is 3360. The molecule has 0 spiro atoms. The van der Waals surface area contributed by atoms with Crippen LogP contribution in [0.15, 0.2) is 203 Å². The number of nitrogens with zero attached hydrogens (tertiary/aromatic N) is 4. The second kappa shape index (κ2) is 16.0. The van der Waals surface area contributed by atoms with Crippen molar-refractivity contribution in [1.29, 1.82) is 0 Å². The summed E-state index contributed by atoms with van der Waals surface area (Å²) in [6, 6.07) is 43.7. The van der Waals surface area contributed by atoms with Crippen molar-refractivity contribution < 1.29 is 0 Å². The molecule has 0 saturated carbocycles. The molecule has 0 bridgehead atoms. The van der Waals surface area contributed by atoms with E-state index in [-0.39, 0.29) is 0 Å². The maximum atomic E-state index is 5.23. The molecule has 4 nitrogen and oxygen atoms in total. The summed E-state index contributed by atoms with van der Waals surface area (Å²) >= 11 is 1.86. The van der Waals surface area contributed by atoms with Crippen LogP contribution in [0.1, 0.15) is 25.0 Å². The van der Waals surface area contributed by atoms with E-state index in [0.717, 1.165) is 50.1 Å². The van der Waals surface area contributed by atoms with Gasteiger partial charge >= 0.3 is 0 Å². The predicted octanol–water partition coefficient (Wildman–Crippen LogP) is 15.0. The fourth-order valence-corrected chi connectivity index (χ4v) is 9.70. The first kappa shape index (κ1) is 37.4. The zero-order valence-electron chi connectivity index (χ0n) is 33.2. The lowest BCUT2D eigenvalue weighted by molar-refractivity contribution is 1.08. The van der Waals surface area contributed by atoms with E-state index in [2.05, 4.69) is 169 Å². The molecular formula is C54H42N4S. The van der Waals surface area contributed by atoms with E-state index in [0.29, 0.717) is 6.54 Å². The van der Waals surface area contributed by atoms with Gasteiger partial charge in [0, 0.05) is 59.8 Å². The first-order chi connectivity index (χ1) is 29.0. The Labute approximate surface area is 347 Å². The summed E-state index contributed by atoms with van der Waals surface area (Å²) in [4.78, 5) is 13.7. The van der Waals surface area contributed by atoms with Crippen molar-refractivity contribution in [2.45, 2.75) is 20.4 Å². The number of rotatable bonds is 11. The van der Waals surface area contributed by atoms with Gasteiger partial charge in [-0.2, -0.15) is 0 Å². The molecule has 2 heterocycles. The quantitative estimate of drug-likeness (QED) is 0.0713. The maximum absolute atomic E-state index is 5.23. The highest BCUT2D eigenvalue weighted by molar-refractivity contribution is 7.27. The normalized spacial score (nSPS) is 13.3. The molecule has 0 unspecified atom stereocenters. The highest BCUT2D eigenvalue weighted by Crippen LogP contribution is 2.51. The minimum atomic E-state index is 0.567. The fourth-order valence-electron chi connectivity index (χ4n) is 8.45. The number of allylic oxidation sites excluding steroid dienone is 8. The summed E-state index contributed by atoms with van der Waals surface area (Å²) in [6.07, 6.45) is 15.2. The first-order valence-corrected chi connectivity index (χ1v) is 20.5. The van der Waals surface area contributed by atoms with Crippen molar-refractivity contribution in [3.05, 3.63) is 200 Å². The third-order valence-electron chi connectivity index (χ3n) is 11.1. The Kier molecular flexibility index (Phi) is 10.1. The third kappa shape index (κ3) is 6.46. The summed E-state index contributed by atoms with van der Waals surface area (Å²) < 4.78 is 4.96. The molecule has 0 atom stereocenters. The van der Waals surface area contributed by atoms with Crippen molar-refractivity contribution in [3.8, 4) is 0 Å². The Balaban J connectivity index is 1.50. The van der Waals surface area contributed by atoms with Crippen LogP contribution in [0.25, 0.3) is 80.0 Å². The molecule has 0 aliphatic heterocycles. The molecule has 0 aliphatic carbocycles. The maximum Gasteiger partial charge on any atom is 0.0717 e. The van der Waals surface area contributed by atoms with Gasteiger partial charge in [-0.15, -0.1) is 11.3 Å². The lowest BCUT2D eigenvalue weighted by Crippen LogP contribution is -2.03. The number of aliphatic imine (C=N–C) groups is 3. The van der Waals surface area contributed by atoms with Crippen LogP contribution in [0.4, 0.5) is 0 Å². The smallest absolute Gasteiger partial charge is 0.0717 e. The van der Waals surface area contributed by atoms with Crippen LogP contribution in [0, 0.1) is 0 Å². The van der Waals surface area contributed by atoms with Crippen LogP contribution < -0.4 is 0 Å². The van der Waals surface area contributed by atoms with Gasteiger partial charge in [0.15, 0.2) is 0 Å². The third-order valence-corrected chi connectivity index (χ3v) is 12.3. The molecular weight excluding hydrogens is 737 g/mol. The Morgan fingerprint density at radius 2 is 1.34 bits per heavy atom. The van der Waals surface area contributed by atoms with Gasteiger partial charge in [-0.25, -0.2) is 0 Å². The standard InChI is InChI=1S/C54H42N4S/c1-6-8-19-38(7-2)35(3)47(34-57-36(4)39-20-10-9-11-21-39)58-52-44-26-16-13-23-41(44)40-22-12-14-24-42(40)50(52)51-53(58)45-27-17-15-25-43(45)49-46-32-37(33-56-31-18-30-55-5)28-29-48(46)59-54(49)51/h6-32,34H,1,3,5,33H2,2,4H3/b19-8-,30-18-,38-7+,47-34+,56-31?,57-36?. The summed E-state index contributed by atoms with van der Waals surface area (Å²) in [5.74, 6) is 0. The van der Waals surface area contributed by atoms with Crippen LogP contribution in [-0.2, 0) is 6.54 Å².